The molecule has 2 rings (SSSR count). The topological polar surface area (TPSA) is 57.6 Å². The Balaban J connectivity index is 1.86. The van der Waals surface area contributed by atoms with E-state index in [2.05, 4.69) is 0 Å². The van der Waals surface area contributed by atoms with Crippen LogP contribution in [0.1, 0.15) is 38.5 Å². The van der Waals surface area contributed by atoms with Gasteiger partial charge in [0.15, 0.2) is 0 Å². The van der Waals surface area contributed by atoms with Crippen LogP contribution in [0.5, 0.6) is 0 Å². The second kappa shape index (κ2) is 5.34. The van der Waals surface area contributed by atoms with Crippen LogP contribution in [0.2, 0.25) is 0 Å². The van der Waals surface area contributed by atoms with Gasteiger partial charge in [0.05, 0.1) is 0 Å². The predicted molar refractivity (Wildman–Crippen MR) is 63.5 cm³/mol. The fraction of sp³-hybridized carbons (Fsp3) is 0.692. The maximum atomic E-state index is 12.1. The SMILES string of the molecule is O=C(O)C=C1CCC(C(=O)N2CCCC2)CC1. The smallest absolute Gasteiger partial charge is 0.328 e. The Morgan fingerprint density at radius 3 is 2.29 bits per heavy atom. The lowest BCUT2D eigenvalue weighted by Gasteiger charge is -2.27. The summed E-state index contributed by atoms with van der Waals surface area (Å²) < 4.78 is 0. The lowest BCUT2D eigenvalue weighted by molar-refractivity contribution is -0.135. The fourth-order valence-electron chi connectivity index (χ4n) is 2.75. The molecule has 1 amide bonds. The van der Waals surface area contributed by atoms with Gasteiger partial charge in [-0.1, -0.05) is 5.57 Å². The quantitative estimate of drug-likeness (QED) is 0.745. The van der Waals surface area contributed by atoms with Crippen molar-refractivity contribution in [3.63, 3.8) is 0 Å². The van der Waals surface area contributed by atoms with E-state index >= 15 is 0 Å². The number of likely N-dealkylation sites (tertiary alicyclic amines) is 1. The molecule has 2 aliphatic rings. The van der Waals surface area contributed by atoms with Gasteiger partial charge >= 0.3 is 5.97 Å². The molecule has 0 unspecified atom stereocenters. The van der Waals surface area contributed by atoms with Crippen molar-refractivity contribution in [2.45, 2.75) is 38.5 Å². The van der Waals surface area contributed by atoms with E-state index in [0.717, 1.165) is 57.2 Å². The van der Waals surface area contributed by atoms with E-state index in [1.165, 1.54) is 6.08 Å². The summed E-state index contributed by atoms with van der Waals surface area (Å²) in [5, 5.41) is 8.66. The van der Waals surface area contributed by atoms with Gasteiger partial charge in [-0.05, 0) is 38.5 Å². The van der Waals surface area contributed by atoms with Crippen molar-refractivity contribution in [1.82, 2.24) is 4.90 Å². The number of carboxylic acid groups (broad SMARTS) is 1. The molecule has 0 radical (unpaired) electrons. The molecule has 17 heavy (non-hydrogen) atoms. The molecule has 0 aromatic rings. The zero-order chi connectivity index (χ0) is 12.3. The number of rotatable bonds is 2. The average Bonchev–Trinajstić information content (AvgIpc) is 2.82. The average molecular weight is 237 g/mol. The molecule has 2 fully saturated rings. The minimum atomic E-state index is -0.871. The molecule has 4 heteroatoms. The number of hydrogen-bond donors (Lipinski definition) is 1. The van der Waals surface area contributed by atoms with Gasteiger partial charge in [0.2, 0.25) is 5.91 Å². The van der Waals surface area contributed by atoms with Crippen molar-refractivity contribution in [2.75, 3.05) is 13.1 Å². The number of hydrogen-bond acceptors (Lipinski definition) is 2. The number of carbonyl (C=O) groups is 2. The molecule has 1 N–H and O–H groups in total. The van der Waals surface area contributed by atoms with E-state index in [1.54, 1.807) is 0 Å². The van der Waals surface area contributed by atoms with Crippen LogP contribution in [-0.4, -0.2) is 35.0 Å². The lowest BCUT2D eigenvalue weighted by atomic mass is 9.85. The van der Waals surface area contributed by atoms with Gasteiger partial charge in [-0.3, -0.25) is 4.79 Å². The van der Waals surface area contributed by atoms with Crippen molar-refractivity contribution < 1.29 is 14.7 Å². The van der Waals surface area contributed by atoms with Crippen molar-refractivity contribution >= 4 is 11.9 Å². The molecule has 1 saturated heterocycles. The molecule has 1 saturated carbocycles. The van der Waals surface area contributed by atoms with Crippen molar-refractivity contribution in [1.29, 1.82) is 0 Å². The maximum Gasteiger partial charge on any atom is 0.328 e. The Morgan fingerprint density at radius 1 is 1.18 bits per heavy atom. The van der Waals surface area contributed by atoms with Crippen LogP contribution in [0.15, 0.2) is 11.6 Å². The molecular formula is C13H19NO3. The first-order valence-corrected chi connectivity index (χ1v) is 6.38. The summed E-state index contributed by atoms with van der Waals surface area (Å²) >= 11 is 0. The second-order valence-corrected chi connectivity index (χ2v) is 4.95. The van der Waals surface area contributed by atoms with Crippen LogP contribution in [0.25, 0.3) is 0 Å². The minimum absolute atomic E-state index is 0.124. The molecule has 1 aliphatic heterocycles. The summed E-state index contributed by atoms with van der Waals surface area (Å²) in [7, 11) is 0. The number of carboxylic acids is 1. The zero-order valence-corrected chi connectivity index (χ0v) is 10.0. The molecular weight excluding hydrogens is 218 g/mol. The fourth-order valence-corrected chi connectivity index (χ4v) is 2.75. The molecule has 1 aliphatic carbocycles. The van der Waals surface area contributed by atoms with Crippen molar-refractivity contribution in [3.05, 3.63) is 11.6 Å². The normalized spacial score (nSPS) is 24.8. The van der Waals surface area contributed by atoms with E-state index < -0.39 is 5.97 Å². The monoisotopic (exact) mass is 237 g/mol. The third-order valence-electron chi connectivity index (χ3n) is 3.72. The largest absolute Gasteiger partial charge is 0.478 e. The van der Waals surface area contributed by atoms with Gasteiger partial charge in [-0.2, -0.15) is 0 Å². The highest BCUT2D eigenvalue weighted by Gasteiger charge is 2.28. The number of nitrogens with zero attached hydrogens (tertiary/aromatic N) is 1. The number of allylic oxidation sites excluding steroid dienone is 1. The highest BCUT2D eigenvalue weighted by Crippen LogP contribution is 2.30. The first-order chi connectivity index (χ1) is 8.16. The molecule has 4 nitrogen and oxygen atoms in total. The van der Waals surface area contributed by atoms with Gasteiger partial charge < -0.3 is 10.0 Å². The Morgan fingerprint density at radius 2 is 1.76 bits per heavy atom. The molecule has 94 valence electrons. The van der Waals surface area contributed by atoms with Crippen molar-refractivity contribution in [2.24, 2.45) is 5.92 Å². The van der Waals surface area contributed by atoms with Crippen LogP contribution in [0, 0.1) is 5.92 Å². The van der Waals surface area contributed by atoms with Crippen LogP contribution >= 0.6 is 0 Å². The van der Waals surface area contributed by atoms with Gasteiger partial charge in [0.1, 0.15) is 0 Å². The summed E-state index contributed by atoms with van der Waals surface area (Å²) in [6.07, 6.45) is 6.71. The third-order valence-corrected chi connectivity index (χ3v) is 3.72. The maximum absolute atomic E-state index is 12.1. The van der Waals surface area contributed by atoms with Crippen LogP contribution < -0.4 is 0 Å². The third kappa shape index (κ3) is 3.08. The summed E-state index contributed by atoms with van der Waals surface area (Å²) in [5.41, 5.74) is 0.975. The van der Waals surface area contributed by atoms with E-state index in [-0.39, 0.29) is 11.8 Å². The molecule has 0 aromatic carbocycles. The van der Waals surface area contributed by atoms with Gasteiger partial charge in [0, 0.05) is 25.1 Å². The first kappa shape index (κ1) is 12.1. The Bertz CT molecular complexity index is 333. The van der Waals surface area contributed by atoms with E-state index in [0.29, 0.717) is 0 Å². The van der Waals surface area contributed by atoms with Crippen molar-refractivity contribution in [3.8, 4) is 0 Å². The van der Waals surface area contributed by atoms with Crippen LogP contribution in [0.4, 0.5) is 0 Å². The van der Waals surface area contributed by atoms with Gasteiger partial charge in [-0.15, -0.1) is 0 Å². The van der Waals surface area contributed by atoms with Crippen LogP contribution in [0.3, 0.4) is 0 Å². The van der Waals surface area contributed by atoms with E-state index in [9.17, 15) is 9.59 Å². The molecule has 1 heterocycles. The molecule has 0 atom stereocenters. The molecule has 0 aromatic heterocycles. The summed E-state index contributed by atoms with van der Waals surface area (Å²) in [5.74, 6) is -0.458. The van der Waals surface area contributed by atoms with Gasteiger partial charge in [-0.25, -0.2) is 4.79 Å². The van der Waals surface area contributed by atoms with Crippen LogP contribution in [-0.2, 0) is 9.59 Å². The standard InChI is InChI=1S/C13H19NO3/c15-12(16)9-10-3-5-11(6-4-10)13(17)14-7-1-2-8-14/h9,11H,1-8H2,(H,15,16). The molecule has 0 spiro atoms. The Kier molecular flexibility index (Phi) is 3.82. The highest BCUT2D eigenvalue weighted by atomic mass is 16.4. The lowest BCUT2D eigenvalue weighted by Crippen LogP contribution is -2.34. The summed E-state index contributed by atoms with van der Waals surface area (Å²) in [6.45, 7) is 1.82. The predicted octanol–water partition coefficient (Wildman–Crippen LogP) is 1.81. The molecule has 0 bridgehead atoms. The number of carbonyl (C=O) groups excluding carboxylic acids is 1. The highest BCUT2D eigenvalue weighted by molar-refractivity contribution is 5.81. The van der Waals surface area contributed by atoms with Gasteiger partial charge in [0.25, 0.3) is 0 Å². The minimum Gasteiger partial charge on any atom is -0.478 e. The van der Waals surface area contributed by atoms with E-state index in [1.807, 2.05) is 4.90 Å². The number of aliphatic carboxylic acids is 1. The zero-order valence-electron chi connectivity index (χ0n) is 10.0. The number of amides is 1. The van der Waals surface area contributed by atoms with E-state index in [4.69, 9.17) is 5.11 Å². The Labute approximate surface area is 101 Å². The summed E-state index contributed by atoms with van der Waals surface area (Å²) in [4.78, 5) is 24.6. The second-order valence-electron chi connectivity index (χ2n) is 4.95. The first-order valence-electron chi connectivity index (χ1n) is 6.38. The Hall–Kier alpha value is -1.32. The summed E-state index contributed by atoms with van der Waals surface area (Å²) in [6, 6.07) is 0.